The van der Waals surface area contributed by atoms with Crippen molar-refractivity contribution in [1.82, 2.24) is 19.9 Å². The van der Waals surface area contributed by atoms with Crippen LogP contribution in [0.4, 0.5) is 5.69 Å². The first-order chi connectivity index (χ1) is 16.2. The summed E-state index contributed by atoms with van der Waals surface area (Å²) in [7, 11) is 0. The molecule has 162 valence electrons. The van der Waals surface area contributed by atoms with Crippen LogP contribution in [0.3, 0.4) is 0 Å². The predicted octanol–water partition coefficient (Wildman–Crippen LogP) is 5.97. The number of rotatable bonds is 4. The van der Waals surface area contributed by atoms with Gasteiger partial charge in [0.1, 0.15) is 6.04 Å². The number of benzene rings is 2. The lowest BCUT2D eigenvalue weighted by atomic mass is 10.0. The summed E-state index contributed by atoms with van der Waals surface area (Å²) < 4.78 is 3.35. The number of thiocarbonyl (C=S) groups is 1. The maximum Gasteiger partial charge on any atom is 0.194 e. The first-order valence-corrected chi connectivity index (χ1v) is 12.0. The SMILES string of the molecule is Cc1ccc(N2C(=S)N[C@@H](c3ccccn3)[C@H]2c2cccn2-c2nc3ccccc3s2)cc1. The van der Waals surface area contributed by atoms with E-state index in [-0.39, 0.29) is 12.1 Å². The van der Waals surface area contributed by atoms with Crippen molar-refractivity contribution in [2.45, 2.75) is 19.0 Å². The monoisotopic (exact) mass is 467 g/mol. The number of fused-ring (bicyclic) bond motifs is 1. The number of aromatic nitrogens is 3. The van der Waals surface area contributed by atoms with Gasteiger partial charge in [-0.2, -0.15) is 0 Å². The Labute approximate surface area is 201 Å². The molecule has 0 bridgehead atoms. The Kier molecular flexibility index (Phi) is 4.93. The minimum atomic E-state index is -0.0944. The van der Waals surface area contributed by atoms with E-state index >= 15 is 0 Å². The molecule has 6 rings (SSSR count). The fourth-order valence-corrected chi connectivity index (χ4v) is 5.73. The summed E-state index contributed by atoms with van der Waals surface area (Å²) >= 11 is 7.55. The van der Waals surface area contributed by atoms with Gasteiger partial charge in [0.05, 0.1) is 27.6 Å². The zero-order valence-electron chi connectivity index (χ0n) is 17.9. The van der Waals surface area contributed by atoms with Crippen LogP contribution in [-0.2, 0) is 0 Å². The van der Waals surface area contributed by atoms with Gasteiger partial charge in [0.25, 0.3) is 0 Å². The highest BCUT2D eigenvalue weighted by molar-refractivity contribution is 7.80. The highest BCUT2D eigenvalue weighted by Crippen LogP contribution is 2.42. The average molecular weight is 468 g/mol. The molecule has 2 atom stereocenters. The number of nitrogens with zero attached hydrogens (tertiary/aromatic N) is 4. The van der Waals surface area contributed by atoms with Crippen molar-refractivity contribution < 1.29 is 0 Å². The van der Waals surface area contributed by atoms with E-state index in [0.717, 1.165) is 27.7 Å². The second-order valence-electron chi connectivity index (χ2n) is 8.10. The van der Waals surface area contributed by atoms with Crippen molar-refractivity contribution >= 4 is 44.6 Å². The van der Waals surface area contributed by atoms with E-state index in [2.05, 4.69) is 93.6 Å². The number of pyridine rings is 1. The van der Waals surface area contributed by atoms with Gasteiger partial charge in [0, 0.05) is 18.1 Å². The average Bonchev–Trinajstić information content (AvgIpc) is 3.56. The van der Waals surface area contributed by atoms with Crippen molar-refractivity contribution in [2.24, 2.45) is 0 Å². The number of para-hydroxylation sites is 1. The fraction of sp³-hybridized carbons (Fsp3) is 0.115. The first-order valence-electron chi connectivity index (χ1n) is 10.8. The molecule has 5 nitrogen and oxygen atoms in total. The van der Waals surface area contributed by atoms with E-state index in [1.54, 1.807) is 11.3 Å². The summed E-state index contributed by atoms with van der Waals surface area (Å²) in [4.78, 5) is 11.8. The van der Waals surface area contributed by atoms with Crippen molar-refractivity contribution in [2.75, 3.05) is 4.90 Å². The van der Waals surface area contributed by atoms with E-state index in [4.69, 9.17) is 17.2 Å². The van der Waals surface area contributed by atoms with Crippen LogP contribution in [0.25, 0.3) is 15.3 Å². The molecule has 0 unspecified atom stereocenters. The van der Waals surface area contributed by atoms with Gasteiger partial charge in [-0.1, -0.05) is 47.2 Å². The molecular weight excluding hydrogens is 446 g/mol. The van der Waals surface area contributed by atoms with Crippen molar-refractivity contribution in [3.8, 4) is 5.13 Å². The van der Waals surface area contributed by atoms with Gasteiger partial charge in [0.2, 0.25) is 0 Å². The molecule has 0 aliphatic carbocycles. The molecule has 1 N–H and O–H groups in total. The van der Waals surface area contributed by atoms with E-state index in [9.17, 15) is 0 Å². The van der Waals surface area contributed by atoms with Gasteiger partial charge >= 0.3 is 0 Å². The Morgan fingerprint density at radius 2 is 1.76 bits per heavy atom. The lowest BCUT2D eigenvalue weighted by Crippen LogP contribution is -2.30. The largest absolute Gasteiger partial charge is 0.351 e. The Bertz CT molecular complexity index is 1410. The Hall–Kier alpha value is -3.55. The molecule has 0 saturated carbocycles. The van der Waals surface area contributed by atoms with Gasteiger partial charge in [-0.05, 0) is 67.7 Å². The normalized spacial score (nSPS) is 18.1. The minimum absolute atomic E-state index is 0.0860. The van der Waals surface area contributed by atoms with E-state index in [1.807, 2.05) is 24.4 Å². The standard InChI is InChI=1S/C26H21N5S2/c1-17-11-13-18(14-12-17)31-24(23(29-25(31)32)20-8-4-5-15-27-20)21-9-6-16-30(21)26-28-19-7-2-3-10-22(19)33-26/h2-16,23-24H,1H3,(H,29,32)/t23-,24+/m0/s1. The third kappa shape index (κ3) is 3.50. The van der Waals surface area contributed by atoms with Crippen LogP contribution >= 0.6 is 23.6 Å². The predicted molar refractivity (Wildman–Crippen MR) is 138 cm³/mol. The number of hydrogen-bond donors (Lipinski definition) is 1. The molecule has 7 heteroatoms. The molecule has 5 aromatic rings. The summed E-state index contributed by atoms with van der Waals surface area (Å²) in [6.07, 6.45) is 3.91. The number of nitrogens with one attached hydrogen (secondary N) is 1. The summed E-state index contributed by atoms with van der Waals surface area (Å²) in [6.45, 7) is 2.09. The van der Waals surface area contributed by atoms with Crippen LogP contribution < -0.4 is 10.2 Å². The van der Waals surface area contributed by atoms with E-state index < -0.39 is 0 Å². The molecular formula is C26H21N5S2. The number of hydrogen-bond acceptors (Lipinski definition) is 4. The number of anilines is 1. The molecule has 33 heavy (non-hydrogen) atoms. The third-order valence-corrected chi connectivity index (χ3v) is 7.33. The van der Waals surface area contributed by atoms with Gasteiger partial charge < -0.3 is 10.2 Å². The summed E-state index contributed by atoms with van der Waals surface area (Å²) in [5.41, 5.74) is 5.34. The maximum absolute atomic E-state index is 5.86. The van der Waals surface area contributed by atoms with Crippen molar-refractivity contribution in [1.29, 1.82) is 0 Å². The van der Waals surface area contributed by atoms with Crippen molar-refractivity contribution in [3.05, 3.63) is 108 Å². The van der Waals surface area contributed by atoms with Crippen molar-refractivity contribution in [3.63, 3.8) is 0 Å². The van der Waals surface area contributed by atoms with Crippen LogP contribution in [-0.4, -0.2) is 19.6 Å². The topological polar surface area (TPSA) is 46.0 Å². The van der Waals surface area contributed by atoms with Crippen LogP contribution in [0.5, 0.6) is 0 Å². The third-order valence-electron chi connectivity index (χ3n) is 5.98. The molecule has 1 aliphatic rings. The summed E-state index contributed by atoms with van der Waals surface area (Å²) in [5, 5.41) is 5.18. The molecule has 0 spiro atoms. The van der Waals surface area contributed by atoms with Crippen LogP contribution in [0.1, 0.15) is 29.0 Å². The van der Waals surface area contributed by atoms with Gasteiger partial charge in [-0.25, -0.2) is 4.98 Å². The summed E-state index contributed by atoms with van der Waals surface area (Å²) in [5.74, 6) is 0. The second kappa shape index (κ2) is 8.10. The molecule has 4 heterocycles. The Morgan fingerprint density at radius 1 is 0.939 bits per heavy atom. The second-order valence-corrected chi connectivity index (χ2v) is 9.50. The molecule has 2 aromatic carbocycles. The lowest BCUT2D eigenvalue weighted by molar-refractivity contribution is 0.549. The maximum atomic E-state index is 5.86. The van der Waals surface area contributed by atoms with Crippen LogP contribution in [0.15, 0.2) is 91.3 Å². The van der Waals surface area contributed by atoms with Crippen LogP contribution in [0.2, 0.25) is 0 Å². The molecule has 0 amide bonds. The fourth-order valence-electron chi connectivity index (χ4n) is 4.41. The minimum Gasteiger partial charge on any atom is -0.351 e. The Morgan fingerprint density at radius 3 is 2.55 bits per heavy atom. The van der Waals surface area contributed by atoms with Gasteiger partial charge in [-0.15, -0.1) is 0 Å². The van der Waals surface area contributed by atoms with E-state index in [1.165, 1.54) is 10.3 Å². The molecule has 1 aliphatic heterocycles. The Balaban J connectivity index is 1.51. The number of thiazole rings is 1. The molecule has 1 fully saturated rings. The zero-order chi connectivity index (χ0) is 22.4. The molecule has 1 saturated heterocycles. The van der Waals surface area contributed by atoms with Crippen LogP contribution in [0, 0.1) is 6.92 Å². The summed E-state index contributed by atoms with van der Waals surface area (Å²) in [6, 6.07) is 26.8. The van der Waals surface area contributed by atoms with Gasteiger partial charge in [-0.3, -0.25) is 9.55 Å². The first kappa shape index (κ1) is 20.1. The number of aryl methyl sites for hydroxylation is 1. The quantitative estimate of drug-likeness (QED) is 0.330. The smallest absolute Gasteiger partial charge is 0.194 e. The lowest BCUT2D eigenvalue weighted by Gasteiger charge is -2.28. The van der Waals surface area contributed by atoms with Gasteiger partial charge in [0.15, 0.2) is 10.2 Å². The highest BCUT2D eigenvalue weighted by Gasteiger charge is 2.42. The molecule has 0 radical (unpaired) electrons. The highest BCUT2D eigenvalue weighted by atomic mass is 32.1. The van der Waals surface area contributed by atoms with E-state index in [0.29, 0.717) is 5.11 Å². The zero-order valence-corrected chi connectivity index (χ0v) is 19.6. The molecule has 3 aromatic heterocycles.